The van der Waals surface area contributed by atoms with E-state index in [2.05, 4.69) is 15.9 Å². The summed E-state index contributed by atoms with van der Waals surface area (Å²) in [5.41, 5.74) is 1.61. The number of hydrogen-bond donors (Lipinski definition) is 0. The Bertz CT molecular complexity index is 1050. The van der Waals surface area contributed by atoms with Crippen molar-refractivity contribution in [1.29, 1.82) is 0 Å². The molecule has 8 heteroatoms. The number of benzene rings is 2. The number of hydrogen-bond acceptors (Lipinski definition) is 4. The zero-order valence-corrected chi connectivity index (χ0v) is 22.4. The number of halogens is 2. The highest BCUT2D eigenvalue weighted by molar-refractivity contribution is 9.10. The zero-order chi connectivity index (χ0) is 24.8. The van der Waals surface area contributed by atoms with E-state index in [1.54, 1.807) is 0 Å². The van der Waals surface area contributed by atoms with Crippen LogP contribution < -0.4 is 4.74 Å². The first-order chi connectivity index (χ1) is 16.8. The third kappa shape index (κ3) is 6.78. The molecular formula is C27H32BrClN2O4. The SMILES string of the molecule is Cc1cc(OCC2(CC(=O)N3CCOCC3)CCN(C(=O)Cc3ccccc3Br)CC2)ccc1Cl. The summed E-state index contributed by atoms with van der Waals surface area (Å²) in [6, 6.07) is 13.4. The third-order valence-corrected chi connectivity index (χ3v) is 8.24. The van der Waals surface area contributed by atoms with E-state index in [0.717, 1.165) is 34.2 Å². The van der Waals surface area contributed by atoms with Crippen LogP contribution in [0.5, 0.6) is 5.75 Å². The fraction of sp³-hybridized carbons (Fsp3) is 0.481. The topological polar surface area (TPSA) is 59.1 Å². The molecule has 2 aliphatic heterocycles. The number of aryl methyl sites for hydroxylation is 1. The van der Waals surface area contributed by atoms with Crippen LogP contribution in [0.1, 0.15) is 30.4 Å². The number of carbonyl (C=O) groups excluding carboxylic acids is 2. The molecule has 0 saturated carbocycles. The highest BCUT2D eigenvalue weighted by Crippen LogP contribution is 2.37. The van der Waals surface area contributed by atoms with Crippen molar-refractivity contribution in [2.45, 2.75) is 32.6 Å². The van der Waals surface area contributed by atoms with Gasteiger partial charge >= 0.3 is 0 Å². The third-order valence-electron chi connectivity index (χ3n) is 7.04. The summed E-state index contributed by atoms with van der Waals surface area (Å²) in [4.78, 5) is 30.0. The Kier molecular flexibility index (Phi) is 8.73. The van der Waals surface area contributed by atoms with Gasteiger partial charge in [0.1, 0.15) is 5.75 Å². The number of ether oxygens (including phenoxy) is 2. The maximum Gasteiger partial charge on any atom is 0.227 e. The first-order valence-electron chi connectivity index (χ1n) is 12.1. The molecular weight excluding hydrogens is 532 g/mol. The number of carbonyl (C=O) groups is 2. The van der Waals surface area contributed by atoms with Gasteiger partial charge in [-0.3, -0.25) is 9.59 Å². The smallest absolute Gasteiger partial charge is 0.227 e. The highest BCUT2D eigenvalue weighted by Gasteiger charge is 2.40. The van der Waals surface area contributed by atoms with Crippen molar-refractivity contribution in [2.75, 3.05) is 46.0 Å². The van der Waals surface area contributed by atoms with Crippen molar-refractivity contribution in [3.8, 4) is 5.75 Å². The summed E-state index contributed by atoms with van der Waals surface area (Å²) < 4.78 is 12.6. The Labute approximate surface area is 220 Å². The minimum atomic E-state index is -0.326. The lowest BCUT2D eigenvalue weighted by atomic mass is 9.75. The van der Waals surface area contributed by atoms with Gasteiger partial charge in [0.05, 0.1) is 26.2 Å². The number of nitrogens with zero attached hydrogens (tertiary/aromatic N) is 2. The Morgan fingerprint density at radius 3 is 2.40 bits per heavy atom. The fourth-order valence-electron chi connectivity index (χ4n) is 4.71. The lowest BCUT2D eigenvalue weighted by Crippen LogP contribution is -2.49. The van der Waals surface area contributed by atoms with Gasteiger partial charge in [-0.25, -0.2) is 0 Å². The standard InChI is InChI=1S/C27H32BrClN2O4/c1-20-16-22(6-7-24(20)29)35-19-27(18-26(33)31-12-14-34-15-13-31)8-10-30(11-9-27)25(32)17-21-4-2-3-5-23(21)28/h2-7,16H,8-15,17-19H2,1H3. The number of piperidine rings is 1. The Morgan fingerprint density at radius 2 is 1.71 bits per heavy atom. The lowest BCUT2D eigenvalue weighted by Gasteiger charge is -2.42. The van der Waals surface area contributed by atoms with Gasteiger partial charge in [-0.1, -0.05) is 45.7 Å². The van der Waals surface area contributed by atoms with E-state index < -0.39 is 0 Å². The van der Waals surface area contributed by atoms with Gasteiger partial charge in [-0.15, -0.1) is 0 Å². The van der Waals surface area contributed by atoms with Crippen molar-refractivity contribution in [1.82, 2.24) is 9.80 Å². The molecule has 4 rings (SSSR count). The van der Waals surface area contributed by atoms with E-state index in [4.69, 9.17) is 21.1 Å². The molecule has 2 heterocycles. The summed E-state index contributed by atoms with van der Waals surface area (Å²) in [6.45, 7) is 6.02. The summed E-state index contributed by atoms with van der Waals surface area (Å²) in [5, 5.41) is 0.700. The molecule has 188 valence electrons. The lowest BCUT2D eigenvalue weighted by molar-refractivity contribution is -0.140. The van der Waals surface area contributed by atoms with Crippen LogP contribution in [0, 0.1) is 12.3 Å². The van der Waals surface area contributed by atoms with Crippen molar-refractivity contribution in [3.63, 3.8) is 0 Å². The number of likely N-dealkylation sites (tertiary alicyclic amines) is 1. The van der Waals surface area contributed by atoms with Crippen LogP contribution in [0.4, 0.5) is 0 Å². The second kappa shape index (κ2) is 11.8. The number of rotatable bonds is 7. The van der Waals surface area contributed by atoms with Crippen molar-refractivity contribution >= 4 is 39.3 Å². The summed E-state index contributed by atoms with van der Waals surface area (Å²) in [5.74, 6) is 0.994. The van der Waals surface area contributed by atoms with E-state index in [1.807, 2.05) is 59.2 Å². The van der Waals surface area contributed by atoms with Crippen molar-refractivity contribution < 1.29 is 19.1 Å². The maximum absolute atomic E-state index is 13.2. The monoisotopic (exact) mass is 562 g/mol. The minimum Gasteiger partial charge on any atom is -0.493 e. The molecule has 0 bridgehead atoms. The highest BCUT2D eigenvalue weighted by atomic mass is 79.9. The van der Waals surface area contributed by atoms with E-state index in [1.165, 1.54) is 0 Å². The van der Waals surface area contributed by atoms with Crippen LogP contribution in [0.25, 0.3) is 0 Å². The second-order valence-electron chi connectivity index (χ2n) is 9.52. The zero-order valence-electron chi connectivity index (χ0n) is 20.1. The van der Waals surface area contributed by atoms with Gasteiger partial charge in [0.25, 0.3) is 0 Å². The molecule has 0 atom stereocenters. The van der Waals surface area contributed by atoms with Gasteiger partial charge in [0, 0.05) is 47.5 Å². The molecule has 0 aliphatic carbocycles. The van der Waals surface area contributed by atoms with Crippen LogP contribution in [-0.2, 0) is 20.7 Å². The Balaban J connectivity index is 1.43. The molecule has 35 heavy (non-hydrogen) atoms. The quantitative estimate of drug-likeness (QED) is 0.481. The second-order valence-corrected chi connectivity index (χ2v) is 10.8. The van der Waals surface area contributed by atoms with E-state index in [-0.39, 0.29) is 17.2 Å². The first-order valence-corrected chi connectivity index (χ1v) is 13.3. The predicted molar refractivity (Wildman–Crippen MR) is 140 cm³/mol. The van der Waals surface area contributed by atoms with Crippen molar-refractivity contribution in [3.05, 3.63) is 63.1 Å². The fourth-order valence-corrected chi connectivity index (χ4v) is 5.25. The molecule has 0 aromatic heterocycles. The number of morpholine rings is 1. The van der Waals surface area contributed by atoms with Gasteiger partial charge in [0.15, 0.2) is 0 Å². The van der Waals surface area contributed by atoms with E-state index in [9.17, 15) is 9.59 Å². The largest absolute Gasteiger partial charge is 0.493 e. The van der Waals surface area contributed by atoms with Crippen LogP contribution in [0.15, 0.2) is 46.9 Å². The summed E-state index contributed by atoms with van der Waals surface area (Å²) >= 11 is 9.71. The molecule has 2 saturated heterocycles. The molecule has 0 unspecified atom stereocenters. The average Bonchev–Trinajstić information content (AvgIpc) is 2.87. The number of amides is 2. The van der Waals surface area contributed by atoms with Gasteiger partial charge in [0.2, 0.25) is 11.8 Å². The maximum atomic E-state index is 13.2. The van der Waals surface area contributed by atoms with Gasteiger partial charge in [-0.2, -0.15) is 0 Å². The molecule has 2 aliphatic rings. The van der Waals surface area contributed by atoms with Crippen LogP contribution in [0.2, 0.25) is 5.02 Å². The van der Waals surface area contributed by atoms with Crippen LogP contribution >= 0.6 is 27.5 Å². The molecule has 2 amide bonds. The molecule has 2 aromatic carbocycles. The van der Waals surface area contributed by atoms with Crippen molar-refractivity contribution in [2.24, 2.45) is 5.41 Å². The van der Waals surface area contributed by atoms with Crippen LogP contribution in [0.3, 0.4) is 0 Å². The molecule has 0 N–H and O–H groups in total. The minimum absolute atomic E-state index is 0.110. The Hall–Kier alpha value is -2.09. The van der Waals surface area contributed by atoms with Crippen LogP contribution in [-0.4, -0.2) is 67.6 Å². The molecule has 6 nitrogen and oxygen atoms in total. The van der Waals surface area contributed by atoms with E-state index in [0.29, 0.717) is 63.9 Å². The average molecular weight is 564 g/mol. The molecule has 2 aromatic rings. The molecule has 0 radical (unpaired) electrons. The molecule has 2 fully saturated rings. The Morgan fingerprint density at radius 1 is 1.03 bits per heavy atom. The normalized spacial score (nSPS) is 17.8. The first kappa shape index (κ1) is 26.0. The predicted octanol–water partition coefficient (Wildman–Crippen LogP) is 4.89. The van der Waals surface area contributed by atoms with E-state index >= 15 is 0 Å². The van der Waals surface area contributed by atoms with Gasteiger partial charge in [-0.05, 0) is 55.2 Å². The van der Waals surface area contributed by atoms with Gasteiger partial charge < -0.3 is 19.3 Å². The molecule has 0 spiro atoms. The summed E-state index contributed by atoms with van der Waals surface area (Å²) in [7, 11) is 0. The summed E-state index contributed by atoms with van der Waals surface area (Å²) in [6.07, 6.45) is 2.21.